The quantitative estimate of drug-likeness (QED) is 0.192. The third kappa shape index (κ3) is 5.63. The van der Waals surface area contributed by atoms with E-state index in [1.54, 1.807) is 24.4 Å². The van der Waals surface area contributed by atoms with Gasteiger partial charge in [-0.15, -0.1) is 0 Å². The van der Waals surface area contributed by atoms with Gasteiger partial charge in [0.1, 0.15) is 17.0 Å². The summed E-state index contributed by atoms with van der Waals surface area (Å²) in [7, 11) is -2.61. The van der Waals surface area contributed by atoms with Crippen molar-refractivity contribution in [3.05, 3.63) is 76.5 Å². The van der Waals surface area contributed by atoms with Crippen LogP contribution in [0, 0.1) is 10.1 Å². The molecule has 0 saturated carbocycles. The minimum Gasteiger partial charge on any atom is -0.381 e. The molecule has 4 heterocycles. The van der Waals surface area contributed by atoms with Gasteiger partial charge in [-0.1, -0.05) is 12.1 Å². The lowest BCUT2D eigenvalue weighted by Crippen LogP contribution is -2.38. The number of anilines is 4. The van der Waals surface area contributed by atoms with Crippen LogP contribution in [0.2, 0.25) is 0 Å². The van der Waals surface area contributed by atoms with Crippen molar-refractivity contribution in [3.63, 3.8) is 0 Å². The molecule has 13 nitrogen and oxygen atoms in total. The number of amides is 1. The predicted octanol–water partition coefficient (Wildman–Crippen LogP) is 4.11. The van der Waals surface area contributed by atoms with Gasteiger partial charge in [0.15, 0.2) is 5.82 Å². The molecule has 0 spiro atoms. The summed E-state index contributed by atoms with van der Waals surface area (Å²) >= 11 is 0. The van der Waals surface area contributed by atoms with E-state index in [1.165, 1.54) is 12.1 Å². The molecule has 0 atom stereocenters. The molecule has 2 aromatic heterocycles. The molecule has 0 aliphatic carbocycles. The van der Waals surface area contributed by atoms with E-state index < -0.39 is 37.1 Å². The number of halogens is 1. The average Bonchev–Trinajstić information content (AvgIpc) is 3.47. The Bertz CT molecular complexity index is 1860. The van der Waals surface area contributed by atoms with Crippen molar-refractivity contribution in [3.8, 4) is 0 Å². The van der Waals surface area contributed by atoms with Crippen LogP contribution in [0.1, 0.15) is 23.2 Å². The number of nitro benzene ring substituents is 1. The van der Waals surface area contributed by atoms with Crippen molar-refractivity contribution in [2.24, 2.45) is 0 Å². The largest absolute Gasteiger partial charge is 0.381 e. The number of hydrogen-bond donors (Lipinski definition) is 3. The van der Waals surface area contributed by atoms with Crippen LogP contribution >= 0.6 is 0 Å². The van der Waals surface area contributed by atoms with Crippen LogP contribution in [0.3, 0.4) is 0 Å². The summed E-state index contributed by atoms with van der Waals surface area (Å²) < 4.78 is 48.9. The number of aromatic nitrogens is 2. The topological polar surface area (TPSA) is 163 Å². The molecule has 3 N–H and O–H groups in total. The smallest absolute Gasteiger partial charge is 0.293 e. The summed E-state index contributed by atoms with van der Waals surface area (Å²) in [5.74, 6) is -0.203. The number of rotatable bonds is 8. The summed E-state index contributed by atoms with van der Waals surface area (Å²) in [4.78, 5) is 35.8. The molecule has 0 radical (unpaired) electrons. The van der Waals surface area contributed by atoms with Crippen LogP contribution < -0.4 is 19.8 Å². The van der Waals surface area contributed by atoms with Crippen LogP contribution in [0.25, 0.3) is 11.0 Å². The summed E-state index contributed by atoms with van der Waals surface area (Å²) in [6.45, 7) is 1.40. The van der Waals surface area contributed by atoms with Gasteiger partial charge in [-0.2, -0.15) is 0 Å². The fraction of sp³-hybridized carbons (Fsp3) is 0.310. The number of pyridine rings is 1. The molecule has 230 valence electrons. The third-order valence-corrected chi connectivity index (χ3v) is 9.26. The first-order valence-electron chi connectivity index (χ1n) is 14.0. The van der Waals surface area contributed by atoms with Gasteiger partial charge in [0.05, 0.1) is 26.8 Å². The first-order chi connectivity index (χ1) is 21.0. The van der Waals surface area contributed by atoms with Crippen molar-refractivity contribution in [2.45, 2.75) is 23.4 Å². The zero-order valence-electron chi connectivity index (χ0n) is 23.7. The van der Waals surface area contributed by atoms with Gasteiger partial charge in [0.2, 0.25) is 0 Å². The number of aromatic amines is 1. The first-order valence-corrected chi connectivity index (χ1v) is 15.4. The van der Waals surface area contributed by atoms with Gasteiger partial charge in [0, 0.05) is 70.4 Å². The highest BCUT2D eigenvalue weighted by Crippen LogP contribution is 2.39. The van der Waals surface area contributed by atoms with Crippen molar-refractivity contribution >= 4 is 55.5 Å². The average molecular weight is 624 g/mol. The van der Waals surface area contributed by atoms with E-state index in [0.29, 0.717) is 24.6 Å². The highest BCUT2D eigenvalue weighted by Gasteiger charge is 2.33. The Kier molecular flexibility index (Phi) is 7.59. The standard InChI is InChI=1S/C29H30FN7O6S/c1-35-12-13-36(25-16-19-8-11-31-26(19)33-27(25)35)23-5-3-2-4-21(23)28(38)34-44(41,42)20-6-7-22(24(17-20)37(39)40)32-18-29(30)9-14-43-15-10-29/h2-8,11,16-17,32H,9-10,12-15,18H2,1H3,(H,31,33)(H,34,38). The molecule has 44 heavy (non-hydrogen) atoms. The van der Waals surface area contributed by atoms with Crippen molar-refractivity contribution in [2.75, 3.05) is 55.0 Å². The molecule has 1 amide bonds. The maximum absolute atomic E-state index is 15.0. The van der Waals surface area contributed by atoms with Crippen LogP contribution in [-0.2, 0) is 14.8 Å². The van der Waals surface area contributed by atoms with Gasteiger partial charge in [-0.25, -0.2) is 22.5 Å². The van der Waals surface area contributed by atoms with Crippen LogP contribution in [0.4, 0.5) is 33.0 Å². The van der Waals surface area contributed by atoms with Gasteiger partial charge in [-0.3, -0.25) is 14.9 Å². The SMILES string of the molecule is CN1CCN(c2ccccc2C(=O)NS(=O)(=O)c2ccc(NCC3(F)CCOCC3)c([N+](=O)[O-])c2)c2cc3cc[nH]c3nc21. The number of nitrogens with one attached hydrogen (secondary N) is 3. The Morgan fingerprint density at radius 1 is 1.14 bits per heavy atom. The zero-order chi connectivity index (χ0) is 31.1. The molecule has 0 unspecified atom stereocenters. The van der Waals surface area contributed by atoms with Gasteiger partial charge < -0.3 is 24.8 Å². The van der Waals surface area contributed by atoms with Crippen LogP contribution in [0.5, 0.6) is 0 Å². The van der Waals surface area contributed by atoms with Gasteiger partial charge in [-0.05, 0) is 36.4 Å². The lowest BCUT2D eigenvalue weighted by atomic mass is 9.96. The second-order valence-corrected chi connectivity index (χ2v) is 12.5. The van der Waals surface area contributed by atoms with E-state index in [1.807, 2.05) is 29.0 Å². The Morgan fingerprint density at radius 3 is 2.68 bits per heavy atom. The molecule has 0 bridgehead atoms. The number of sulfonamides is 1. The van der Waals surface area contributed by atoms with Gasteiger partial charge in [0.25, 0.3) is 21.6 Å². The molecule has 2 aliphatic rings. The highest BCUT2D eigenvalue weighted by molar-refractivity contribution is 7.90. The monoisotopic (exact) mass is 623 g/mol. The van der Waals surface area contributed by atoms with E-state index in [4.69, 9.17) is 9.72 Å². The summed E-state index contributed by atoms with van der Waals surface area (Å²) in [6.07, 6.45) is 2.07. The maximum Gasteiger partial charge on any atom is 0.293 e. The normalized spacial score (nSPS) is 16.4. The molecular formula is C29H30FN7O6S. The van der Waals surface area contributed by atoms with E-state index >= 15 is 4.39 Å². The van der Waals surface area contributed by atoms with Crippen LogP contribution in [-0.4, -0.2) is 74.8 Å². The minimum atomic E-state index is -4.53. The number of nitrogens with zero attached hydrogens (tertiary/aromatic N) is 4. The van der Waals surface area contributed by atoms with Crippen molar-refractivity contribution in [1.82, 2.24) is 14.7 Å². The van der Waals surface area contributed by atoms with E-state index in [-0.39, 0.29) is 43.9 Å². The second-order valence-electron chi connectivity index (χ2n) is 10.8. The number of H-pyrrole nitrogens is 1. The Labute approximate surface area is 252 Å². The van der Waals surface area contributed by atoms with E-state index in [2.05, 4.69) is 15.0 Å². The van der Waals surface area contributed by atoms with E-state index in [9.17, 15) is 23.3 Å². The lowest BCUT2D eigenvalue weighted by molar-refractivity contribution is -0.384. The number of carbonyl (C=O) groups is 1. The second kappa shape index (κ2) is 11.4. The molecule has 2 aliphatic heterocycles. The maximum atomic E-state index is 15.0. The molecule has 6 rings (SSSR count). The molecule has 4 aromatic rings. The predicted molar refractivity (Wildman–Crippen MR) is 163 cm³/mol. The lowest BCUT2D eigenvalue weighted by Gasteiger charge is -2.36. The molecule has 1 fully saturated rings. The molecule has 15 heteroatoms. The number of fused-ring (bicyclic) bond motifs is 2. The number of alkyl halides is 1. The van der Waals surface area contributed by atoms with Crippen molar-refractivity contribution < 1.29 is 27.3 Å². The summed E-state index contributed by atoms with van der Waals surface area (Å²) in [5, 5.41) is 15.5. The fourth-order valence-electron chi connectivity index (χ4n) is 5.45. The van der Waals surface area contributed by atoms with Gasteiger partial charge >= 0.3 is 0 Å². The number of benzene rings is 2. The highest BCUT2D eigenvalue weighted by atomic mass is 32.2. The third-order valence-electron chi connectivity index (χ3n) is 7.93. The fourth-order valence-corrected chi connectivity index (χ4v) is 6.44. The zero-order valence-corrected chi connectivity index (χ0v) is 24.6. The number of hydrogen-bond acceptors (Lipinski definition) is 10. The van der Waals surface area contributed by atoms with E-state index in [0.717, 1.165) is 28.9 Å². The summed E-state index contributed by atoms with van der Waals surface area (Å²) in [5.41, 5.74) is -0.155. The number of para-hydroxylation sites is 1. The van der Waals surface area contributed by atoms with Crippen molar-refractivity contribution in [1.29, 1.82) is 0 Å². The minimum absolute atomic E-state index is 0.0342. The van der Waals surface area contributed by atoms with Crippen LogP contribution in [0.15, 0.2) is 65.7 Å². The molecule has 1 saturated heterocycles. The first kappa shape index (κ1) is 29.3. The Hall–Kier alpha value is -4.76. The molecular weight excluding hydrogens is 593 g/mol. The molecule has 2 aromatic carbocycles. The Balaban J connectivity index is 1.26. The number of nitro groups is 1. The number of ether oxygens (including phenoxy) is 1. The number of likely N-dealkylation sites (N-methyl/N-ethyl adjacent to an activating group) is 1. The number of carbonyl (C=O) groups excluding carboxylic acids is 1. The Morgan fingerprint density at radius 2 is 1.91 bits per heavy atom. The summed E-state index contributed by atoms with van der Waals surface area (Å²) in [6, 6.07) is 13.6.